The van der Waals surface area contributed by atoms with E-state index < -0.39 is 18.1 Å². The Morgan fingerprint density at radius 2 is 1.61 bits per heavy atom. The van der Waals surface area contributed by atoms with Gasteiger partial charge in [0.2, 0.25) is 0 Å². The Kier molecular flexibility index (Phi) is 6.65. The maximum atomic E-state index is 13.6. The predicted octanol–water partition coefficient (Wildman–Crippen LogP) is 4.82. The van der Waals surface area contributed by atoms with E-state index in [0.29, 0.717) is 11.3 Å². The van der Waals surface area contributed by atoms with E-state index in [0.717, 1.165) is 11.1 Å². The molecule has 2 aromatic carbocycles. The fourth-order valence-electron chi connectivity index (χ4n) is 2.62. The summed E-state index contributed by atoms with van der Waals surface area (Å²) in [4.78, 5) is 4.26. The van der Waals surface area contributed by atoms with Crippen LogP contribution in [0.4, 0.5) is 5.69 Å². The van der Waals surface area contributed by atoms with Crippen LogP contribution in [0.15, 0.2) is 78.0 Å². The number of hydrogen-bond donors (Lipinski definition) is 0. The van der Waals surface area contributed by atoms with E-state index in [1.165, 1.54) is 4.31 Å². The van der Waals surface area contributed by atoms with E-state index in [2.05, 4.69) is 48.1 Å². The Balaban J connectivity index is 2.16. The molecule has 156 valence electrons. The van der Waals surface area contributed by atoms with Crippen molar-refractivity contribution in [2.45, 2.75) is 31.5 Å². The van der Waals surface area contributed by atoms with Crippen LogP contribution < -0.4 is 4.31 Å². The molecule has 0 radical (unpaired) electrons. The number of pyridine rings is 1. The minimum atomic E-state index is -3.90. The summed E-state index contributed by atoms with van der Waals surface area (Å²) in [6, 6.07) is 20.5. The number of aromatic nitrogens is 1. The van der Waals surface area contributed by atoms with Crippen molar-refractivity contribution < 1.29 is 8.42 Å². The fourth-order valence-corrected chi connectivity index (χ4v) is 4.42. The van der Waals surface area contributed by atoms with Gasteiger partial charge in [0.1, 0.15) is 8.07 Å². The average molecular weight is 445 g/mol. The normalized spacial score (nSPS) is 11.0. The first-order valence-electron chi connectivity index (χ1n) is 9.83. The highest BCUT2D eigenvalue weighted by Gasteiger charge is 2.26. The van der Waals surface area contributed by atoms with E-state index in [1.807, 2.05) is 25.1 Å². The molecule has 0 amide bonds. The van der Waals surface area contributed by atoms with Gasteiger partial charge in [-0.1, -0.05) is 61.3 Å². The zero-order chi connectivity index (χ0) is 22.5. The number of anilines is 1. The molecule has 0 atom stereocenters. The monoisotopic (exact) mass is 444 g/mol. The lowest BCUT2D eigenvalue weighted by Gasteiger charge is -2.20. The number of benzene rings is 2. The molecular weight excluding hydrogens is 420 g/mol. The molecule has 0 aliphatic rings. The second-order valence-electron chi connectivity index (χ2n) is 8.08. The highest BCUT2D eigenvalue weighted by Crippen LogP contribution is 2.26. The topological polar surface area (TPSA) is 50.3 Å². The van der Waals surface area contributed by atoms with Gasteiger partial charge < -0.3 is 0 Å². The number of para-hydroxylation sites is 1. The van der Waals surface area contributed by atoms with Gasteiger partial charge in [0, 0.05) is 24.0 Å². The number of rotatable bonds is 3. The van der Waals surface area contributed by atoms with Gasteiger partial charge in [-0.25, -0.2) is 8.42 Å². The molecule has 3 rings (SSSR count). The van der Waals surface area contributed by atoms with Gasteiger partial charge >= 0.3 is 0 Å². The molecule has 0 unspecified atom stereocenters. The van der Waals surface area contributed by atoms with Gasteiger partial charge in [0.25, 0.3) is 10.0 Å². The summed E-state index contributed by atoms with van der Waals surface area (Å²) in [6.45, 7) is 8.14. The molecule has 31 heavy (non-hydrogen) atoms. The first kappa shape index (κ1) is 22.4. The van der Waals surface area contributed by atoms with E-state index in [-0.39, 0.29) is 4.90 Å². The molecule has 0 saturated carbocycles. The van der Waals surface area contributed by atoms with Gasteiger partial charge in [0.15, 0.2) is 0 Å². The Labute approximate surface area is 186 Å². The van der Waals surface area contributed by atoms with E-state index in [9.17, 15) is 8.42 Å². The van der Waals surface area contributed by atoms with Crippen LogP contribution in [0, 0.1) is 30.4 Å². The van der Waals surface area contributed by atoms with E-state index in [4.69, 9.17) is 0 Å². The summed E-state index contributed by atoms with van der Waals surface area (Å²) in [6.07, 6.45) is 3.35. The van der Waals surface area contributed by atoms with Gasteiger partial charge in [-0.15, -0.1) is 5.54 Å². The summed E-state index contributed by atoms with van der Waals surface area (Å²) in [7, 11) is -5.74. The second-order valence-corrected chi connectivity index (χ2v) is 14.6. The summed E-state index contributed by atoms with van der Waals surface area (Å²) in [5.74, 6) is 6.14. The lowest BCUT2D eigenvalue weighted by molar-refractivity contribution is 0.596. The molecule has 0 aliphatic carbocycles. The van der Waals surface area contributed by atoms with Crippen LogP contribution in [-0.4, -0.2) is 21.5 Å². The van der Waals surface area contributed by atoms with Crippen LogP contribution in [0.25, 0.3) is 0 Å². The van der Waals surface area contributed by atoms with E-state index >= 15 is 0 Å². The van der Waals surface area contributed by atoms with Crippen molar-refractivity contribution >= 4 is 23.8 Å². The number of nitrogens with zero attached hydrogens (tertiary/aromatic N) is 2. The highest BCUT2D eigenvalue weighted by atomic mass is 32.2. The third kappa shape index (κ3) is 5.85. The molecule has 0 aliphatic heterocycles. The Bertz CT molecular complexity index is 1290. The molecule has 4 nitrogen and oxygen atoms in total. The Morgan fingerprint density at radius 3 is 2.26 bits per heavy atom. The van der Waals surface area contributed by atoms with Crippen LogP contribution >= 0.6 is 0 Å². The molecule has 1 heterocycles. The van der Waals surface area contributed by atoms with E-state index in [1.54, 1.807) is 54.9 Å². The summed E-state index contributed by atoms with van der Waals surface area (Å²) in [5, 5.41) is 0. The Hall–Kier alpha value is -3.32. The fraction of sp³-hybridized carbons (Fsp3) is 0.160. The van der Waals surface area contributed by atoms with Crippen LogP contribution in [0.5, 0.6) is 0 Å². The van der Waals surface area contributed by atoms with Gasteiger partial charge in [-0.3, -0.25) is 4.98 Å². The molecule has 0 N–H and O–H groups in total. The molecule has 3 aromatic rings. The minimum Gasteiger partial charge on any atom is -0.263 e. The van der Waals surface area contributed by atoms with Gasteiger partial charge in [0.05, 0.1) is 16.1 Å². The maximum absolute atomic E-state index is 13.6. The zero-order valence-corrected chi connectivity index (χ0v) is 19.9. The first-order valence-corrected chi connectivity index (χ1v) is 14.8. The molecule has 0 bridgehead atoms. The summed E-state index contributed by atoms with van der Waals surface area (Å²) < 4.78 is 28.3. The van der Waals surface area contributed by atoms with Gasteiger partial charge in [-0.05, 0) is 43.3 Å². The van der Waals surface area contributed by atoms with Crippen molar-refractivity contribution in [1.82, 2.24) is 4.98 Å². The summed E-state index contributed by atoms with van der Waals surface area (Å²) in [5.41, 5.74) is 5.93. The SMILES string of the molecule is Cc1ccc(S(=O)(=O)N(C#C[Si](C)(C)C)c2ccccc2C#Cc2cccnc2)cc1. The number of sulfonamides is 1. The minimum absolute atomic E-state index is 0.193. The Morgan fingerprint density at radius 1 is 0.903 bits per heavy atom. The van der Waals surface area contributed by atoms with Crippen molar-refractivity contribution in [2.75, 3.05) is 4.31 Å². The zero-order valence-electron chi connectivity index (χ0n) is 18.0. The number of hydrogen-bond acceptors (Lipinski definition) is 3. The third-order valence-electron chi connectivity index (χ3n) is 4.22. The molecule has 0 saturated heterocycles. The largest absolute Gasteiger partial charge is 0.275 e. The highest BCUT2D eigenvalue weighted by molar-refractivity contribution is 7.93. The van der Waals surface area contributed by atoms with Crippen molar-refractivity contribution in [3.8, 4) is 23.4 Å². The lowest BCUT2D eigenvalue weighted by Crippen LogP contribution is -2.28. The quantitative estimate of drug-likeness (QED) is 0.330. The third-order valence-corrected chi connectivity index (χ3v) is 6.72. The van der Waals surface area contributed by atoms with Crippen LogP contribution in [0.1, 0.15) is 16.7 Å². The molecule has 0 fully saturated rings. The van der Waals surface area contributed by atoms with Crippen LogP contribution in [0.2, 0.25) is 19.6 Å². The average Bonchev–Trinajstić information content (AvgIpc) is 2.73. The summed E-state index contributed by atoms with van der Waals surface area (Å²) >= 11 is 0. The molecule has 0 spiro atoms. The second kappa shape index (κ2) is 9.22. The molecular formula is C25H24N2O2SSi. The van der Waals surface area contributed by atoms with Crippen LogP contribution in [0.3, 0.4) is 0 Å². The maximum Gasteiger partial charge on any atom is 0.275 e. The number of aryl methyl sites for hydroxylation is 1. The van der Waals surface area contributed by atoms with Gasteiger partial charge in [-0.2, -0.15) is 4.31 Å². The van der Waals surface area contributed by atoms with Crippen molar-refractivity contribution in [3.63, 3.8) is 0 Å². The van der Waals surface area contributed by atoms with Crippen molar-refractivity contribution in [3.05, 3.63) is 89.7 Å². The predicted molar refractivity (Wildman–Crippen MR) is 129 cm³/mol. The standard InChI is InChI=1S/C25H24N2O2SSi/c1-21-11-15-24(16-12-21)30(28,29)27(18-19-31(2,3)4)25-10-6-5-9-23(25)14-13-22-8-7-17-26-20-22/h5-12,15-17,20H,1-4H3. The first-order chi connectivity index (χ1) is 14.7. The molecule has 1 aromatic heterocycles. The molecule has 6 heteroatoms. The van der Waals surface area contributed by atoms with Crippen molar-refractivity contribution in [2.24, 2.45) is 0 Å². The lowest BCUT2D eigenvalue weighted by atomic mass is 10.1. The van der Waals surface area contributed by atoms with Crippen molar-refractivity contribution in [1.29, 1.82) is 0 Å². The van der Waals surface area contributed by atoms with Crippen LogP contribution in [-0.2, 0) is 10.0 Å². The smallest absolute Gasteiger partial charge is 0.263 e.